The van der Waals surface area contributed by atoms with E-state index in [1.165, 1.54) is 11.0 Å². The number of carbonyl (C=O) groups excluding carboxylic acids is 2. The molecule has 0 atom stereocenters. The first-order valence-electron chi connectivity index (χ1n) is 8.89. The van der Waals surface area contributed by atoms with Crippen LogP contribution in [0, 0.1) is 12.8 Å². The van der Waals surface area contributed by atoms with Crippen molar-refractivity contribution >= 4 is 46.3 Å². The lowest BCUT2D eigenvalue weighted by molar-refractivity contribution is -0.111. The van der Waals surface area contributed by atoms with Gasteiger partial charge in [-0.1, -0.05) is 37.6 Å². The molecule has 0 spiro atoms. The molecule has 0 unspecified atom stereocenters. The van der Waals surface area contributed by atoms with Crippen LogP contribution in [0.5, 0.6) is 0 Å². The van der Waals surface area contributed by atoms with Gasteiger partial charge in [0.1, 0.15) is 5.15 Å². The van der Waals surface area contributed by atoms with Crippen LogP contribution in [0.3, 0.4) is 0 Å². The zero-order valence-corrected chi connectivity index (χ0v) is 18.3. The number of hydrogen-bond acceptors (Lipinski definition) is 4. The lowest BCUT2D eigenvalue weighted by Gasteiger charge is -2.12. The third-order valence-electron chi connectivity index (χ3n) is 3.76. The van der Waals surface area contributed by atoms with E-state index in [4.69, 9.17) is 11.6 Å². The predicted molar refractivity (Wildman–Crippen MR) is 116 cm³/mol. The van der Waals surface area contributed by atoms with Crippen molar-refractivity contribution in [2.45, 2.75) is 32.2 Å². The van der Waals surface area contributed by atoms with E-state index in [1.54, 1.807) is 43.1 Å². The molecule has 2 rings (SSSR count). The molecule has 0 bridgehead atoms. The third kappa shape index (κ3) is 5.87. The average Bonchev–Trinajstić information content (AvgIpc) is 2.87. The number of carbonyl (C=O) groups is 2. The van der Waals surface area contributed by atoms with Crippen LogP contribution in [0.15, 0.2) is 35.2 Å². The Kier molecular flexibility index (Phi) is 7.71. The molecular formula is C20H25ClN4O2S. The molecular weight excluding hydrogens is 396 g/mol. The lowest BCUT2D eigenvalue weighted by atomic mass is 10.2. The molecule has 6 nitrogen and oxygen atoms in total. The van der Waals surface area contributed by atoms with Gasteiger partial charge in [-0.3, -0.25) is 14.3 Å². The number of rotatable bonds is 6. The second kappa shape index (κ2) is 9.80. The van der Waals surface area contributed by atoms with Crippen LogP contribution < -0.4 is 5.32 Å². The molecule has 2 amide bonds. The number of thioether (sulfide) groups is 1. The Morgan fingerprint density at radius 3 is 2.64 bits per heavy atom. The number of amides is 2. The number of aryl methyl sites for hydroxylation is 1. The molecule has 0 aliphatic carbocycles. The summed E-state index contributed by atoms with van der Waals surface area (Å²) >= 11 is 7.46. The number of halogens is 1. The van der Waals surface area contributed by atoms with E-state index >= 15 is 0 Å². The minimum absolute atomic E-state index is 0.114. The second-order valence-corrected chi connectivity index (χ2v) is 8.30. The lowest BCUT2D eigenvalue weighted by Crippen LogP contribution is -2.16. The minimum atomic E-state index is -0.308. The van der Waals surface area contributed by atoms with Crippen molar-refractivity contribution in [2.75, 3.05) is 19.4 Å². The van der Waals surface area contributed by atoms with E-state index in [9.17, 15) is 9.59 Å². The molecule has 28 heavy (non-hydrogen) atoms. The van der Waals surface area contributed by atoms with E-state index in [-0.39, 0.29) is 11.1 Å². The highest BCUT2D eigenvalue weighted by atomic mass is 35.5. The summed E-state index contributed by atoms with van der Waals surface area (Å²) in [5.41, 5.74) is 2.07. The second-order valence-electron chi connectivity index (χ2n) is 6.95. The normalized spacial score (nSPS) is 11.2. The van der Waals surface area contributed by atoms with Crippen LogP contribution in [0.1, 0.15) is 25.1 Å². The summed E-state index contributed by atoms with van der Waals surface area (Å²) in [6.45, 7) is 6.75. The molecule has 1 N–H and O–H groups in total. The van der Waals surface area contributed by atoms with E-state index in [2.05, 4.69) is 24.3 Å². The van der Waals surface area contributed by atoms with Gasteiger partial charge in [-0.25, -0.2) is 0 Å². The van der Waals surface area contributed by atoms with Crippen molar-refractivity contribution in [3.05, 3.63) is 46.8 Å². The van der Waals surface area contributed by atoms with Gasteiger partial charge in [0, 0.05) is 37.2 Å². The Labute approximate surface area is 174 Å². The summed E-state index contributed by atoms with van der Waals surface area (Å²) in [5.74, 6) is 0.105. The number of aromatic nitrogens is 2. The first-order chi connectivity index (χ1) is 13.2. The van der Waals surface area contributed by atoms with Crippen LogP contribution in [0.25, 0.3) is 6.08 Å². The summed E-state index contributed by atoms with van der Waals surface area (Å²) in [6, 6.07) is 7.18. The maximum Gasteiger partial charge on any atom is 0.286 e. The maximum absolute atomic E-state index is 12.4. The van der Waals surface area contributed by atoms with Gasteiger partial charge in [-0.2, -0.15) is 5.10 Å². The van der Waals surface area contributed by atoms with Crippen LogP contribution in [-0.4, -0.2) is 39.9 Å². The fourth-order valence-electron chi connectivity index (χ4n) is 2.40. The van der Waals surface area contributed by atoms with Crippen molar-refractivity contribution in [1.29, 1.82) is 0 Å². The fourth-order valence-corrected chi connectivity index (χ4v) is 3.45. The number of benzene rings is 1. The average molecular weight is 421 g/mol. The zero-order chi connectivity index (χ0) is 20.8. The molecule has 2 aromatic rings. The molecule has 1 aromatic carbocycles. The summed E-state index contributed by atoms with van der Waals surface area (Å²) in [6.07, 6.45) is 3.09. The maximum atomic E-state index is 12.4. The van der Waals surface area contributed by atoms with E-state index < -0.39 is 0 Å². The van der Waals surface area contributed by atoms with Crippen LogP contribution in [0.4, 0.5) is 10.5 Å². The SMILES string of the molecule is Cc1nn(CC(C)C)c(Cl)c1/C=C/C(=O)Nc1ccccc1SC(=O)N(C)C. The van der Waals surface area contributed by atoms with Crippen molar-refractivity contribution in [3.63, 3.8) is 0 Å². The summed E-state index contributed by atoms with van der Waals surface area (Å²) < 4.78 is 1.75. The highest BCUT2D eigenvalue weighted by molar-refractivity contribution is 8.13. The van der Waals surface area contributed by atoms with Gasteiger partial charge in [0.05, 0.1) is 11.4 Å². The molecule has 1 heterocycles. The smallest absolute Gasteiger partial charge is 0.286 e. The summed E-state index contributed by atoms with van der Waals surface area (Å²) in [4.78, 5) is 26.5. The summed E-state index contributed by atoms with van der Waals surface area (Å²) in [5, 5.41) is 7.65. The monoisotopic (exact) mass is 420 g/mol. The molecule has 0 saturated heterocycles. The zero-order valence-electron chi connectivity index (χ0n) is 16.7. The minimum Gasteiger partial charge on any atom is -0.339 e. The largest absolute Gasteiger partial charge is 0.339 e. The number of hydrogen-bond donors (Lipinski definition) is 1. The van der Waals surface area contributed by atoms with E-state index in [1.807, 2.05) is 13.0 Å². The Bertz CT molecular complexity index is 890. The molecule has 0 aliphatic rings. The first kappa shape index (κ1) is 22.0. The summed E-state index contributed by atoms with van der Waals surface area (Å²) in [7, 11) is 3.37. The highest BCUT2D eigenvalue weighted by Crippen LogP contribution is 2.29. The van der Waals surface area contributed by atoms with Crippen LogP contribution in [0.2, 0.25) is 5.15 Å². The number of anilines is 1. The quantitative estimate of drug-likeness (QED) is 0.531. The van der Waals surface area contributed by atoms with Gasteiger partial charge in [0.25, 0.3) is 5.24 Å². The number of nitrogens with zero attached hydrogens (tertiary/aromatic N) is 3. The molecule has 1 aromatic heterocycles. The molecule has 0 saturated carbocycles. The van der Waals surface area contributed by atoms with Crippen molar-refractivity contribution in [2.24, 2.45) is 5.92 Å². The Hall–Kier alpha value is -2.25. The van der Waals surface area contributed by atoms with Gasteiger partial charge in [-0.15, -0.1) is 0 Å². The molecule has 0 radical (unpaired) electrons. The number of nitrogens with one attached hydrogen (secondary N) is 1. The van der Waals surface area contributed by atoms with E-state index in [0.29, 0.717) is 28.2 Å². The van der Waals surface area contributed by atoms with Crippen molar-refractivity contribution in [1.82, 2.24) is 14.7 Å². The van der Waals surface area contributed by atoms with Gasteiger partial charge >= 0.3 is 0 Å². The standard InChI is InChI=1S/C20H25ClN4O2S/c1-13(2)12-25-19(21)15(14(3)23-25)10-11-18(26)22-16-8-6-7-9-17(16)28-20(27)24(4)5/h6-11,13H,12H2,1-5H3,(H,22,26)/b11-10+. The van der Waals surface area contributed by atoms with Gasteiger partial charge in [0.15, 0.2) is 0 Å². The van der Waals surface area contributed by atoms with Crippen LogP contribution >= 0.6 is 23.4 Å². The van der Waals surface area contributed by atoms with Crippen molar-refractivity contribution in [3.8, 4) is 0 Å². The van der Waals surface area contributed by atoms with Gasteiger partial charge in [-0.05, 0) is 42.8 Å². The third-order valence-corrected chi connectivity index (χ3v) is 5.27. The Morgan fingerprint density at radius 1 is 1.32 bits per heavy atom. The first-order valence-corrected chi connectivity index (χ1v) is 10.1. The van der Waals surface area contributed by atoms with Gasteiger partial charge in [0.2, 0.25) is 5.91 Å². The Balaban J connectivity index is 2.13. The van der Waals surface area contributed by atoms with E-state index in [0.717, 1.165) is 23.0 Å². The molecule has 0 aliphatic heterocycles. The molecule has 8 heteroatoms. The Morgan fingerprint density at radius 2 is 2.00 bits per heavy atom. The topological polar surface area (TPSA) is 67.2 Å². The van der Waals surface area contributed by atoms with Crippen molar-refractivity contribution < 1.29 is 9.59 Å². The molecule has 150 valence electrons. The van der Waals surface area contributed by atoms with Gasteiger partial charge < -0.3 is 10.2 Å². The number of para-hydroxylation sites is 1. The fraction of sp³-hybridized carbons (Fsp3) is 0.350. The predicted octanol–water partition coefficient (Wildman–Crippen LogP) is 4.93. The highest BCUT2D eigenvalue weighted by Gasteiger charge is 2.14. The molecule has 0 fully saturated rings. The van der Waals surface area contributed by atoms with Crippen LogP contribution in [-0.2, 0) is 11.3 Å².